The topological polar surface area (TPSA) is 88.7 Å². The van der Waals surface area contributed by atoms with Crippen LogP contribution in [-0.2, 0) is 4.79 Å². The van der Waals surface area contributed by atoms with Gasteiger partial charge in [-0.05, 0) is 44.9 Å². The molecule has 0 aliphatic heterocycles. The number of nitrogens with two attached hydrogens (primary N) is 1. The first-order chi connectivity index (χ1) is 11.9. The van der Waals surface area contributed by atoms with Gasteiger partial charge in [0.05, 0.1) is 19.2 Å². The number of nitrogens with zero attached hydrogens (tertiary/aromatic N) is 1. The smallest absolute Gasteiger partial charge is 0.220 e. The van der Waals surface area contributed by atoms with Gasteiger partial charge in [0.15, 0.2) is 5.96 Å². The Kier molecular flexibility index (Phi) is 9.14. The maximum Gasteiger partial charge on any atom is 0.220 e. The summed E-state index contributed by atoms with van der Waals surface area (Å²) in [6.07, 6.45) is 1.12. The van der Waals surface area contributed by atoms with Gasteiger partial charge in [0.2, 0.25) is 5.91 Å². The molecule has 0 fully saturated rings. The van der Waals surface area contributed by atoms with Gasteiger partial charge >= 0.3 is 0 Å². The normalized spacial score (nSPS) is 12.4. The Hall–Kier alpha value is -2.50. The molecule has 0 heterocycles. The van der Waals surface area contributed by atoms with Crippen molar-refractivity contribution in [3.05, 3.63) is 42.0 Å². The number of hydrogen-bond donors (Lipinski definition) is 3. The number of carbonyl (C=O) groups excluding carboxylic acids is 1. The molecule has 0 radical (unpaired) electrons. The van der Waals surface area contributed by atoms with Crippen LogP contribution in [0.4, 0.5) is 0 Å². The molecule has 0 aliphatic carbocycles. The van der Waals surface area contributed by atoms with Crippen LogP contribution in [0, 0.1) is 0 Å². The fourth-order valence-corrected chi connectivity index (χ4v) is 2.16. The van der Waals surface area contributed by atoms with Gasteiger partial charge in [-0.15, -0.1) is 0 Å². The van der Waals surface area contributed by atoms with Crippen molar-refractivity contribution < 1.29 is 9.53 Å². The van der Waals surface area contributed by atoms with Crippen molar-refractivity contribution in [1.29, 1.82) is 0 Å². The highest BCUT2D eigenvalue weighted by Crippen LogP contribution is 2.17. The monoisotopic (exact) mass is 346 g/mol. The molecule has 1 unspecified atom stereocenters. The second kappa shape index (κ2) is 11.1. The Morgan fingerprint density at radius 1 is 1.36 bits per heavy atom. The van der Waals surface area contributed by atoms with E-state index in [4.69, 9.17) is 10.5 Å². The van der Waals surface area contributed by atoms with E-state index in [1.807, 2.05) is 45.0 Å². The van der Waals surface area contributed by atoms with Crippen LogP contribution in [0.25, 0.3) is 0 Å². The van der Waals surface area contributed by atoms with E-state index in [2.05, 4.69) is 22.2 Å². The van der Waals surface area contributed by atoms with Gasteiger partial charge in [-0.3, -0.25) is 4.79 Å². The number of ether oxygens (including phenoxy) is 1. The largest absolute Gasteiger partial charge is 0.494 e. The average molecular weight is 346 g/mol. The van der Waals surface area contributed by atoms with E-state index in [1.165, 1.54) is 0 Å². The van der Waals surface area contributed by atoms with E-state index in [1.54, 1.807) is 0 Å². The zero-order chi connectivity index (χ0) is 18.7. The van der Waals surface area contributed by atoms with Crippen molar-refractivity contribution in [3.63, 3.8) is 0 Å². The van der Waals surface area contributed by atoms with E-state index in [9.17, 15) is 4.79 Å². The van der Waals surface area contributed by atoms with Crippen molar-refractivity contribution in [3.8, 4) is 5.75 Å². The molecule has 6 nitrogen and oxygen atoms in total. The molecule has 1 rings (SSSR count). The minimum Gasteiger partial charge on any atom is -0.494 e. The van der Waals surface area contributed by atoms with E-state index >= 15 is 0 Å². The SMILES string of the molecule is C=C(C)CN=C(N)NCCCC(=O)NC(C)c1ccc(OCC)cc1. The maximum absolute atomic E-state index is 12.0. The summed E-state index contributed by atoms with van der Waals surface area (Å²) in [7, 11) is 0. The minimum absolute atomic E-state index is 0.0145. The van der Waals surface area contributed by atoms with E-state index < -0.39 is 0 Å². The lowest BCUT2D eigenvalue weighted by Crippen LogP contribution is -2.33. The van der Waals surface area contributed by atoms with Gasteiger partial charge in [0.25, 0.3) is 0 Å². The zero-order valence-corrected chi connectivity index (χ0v) is 15.5. The Morgan fingerprint density at radius 2 is 2.04 bits per heavy atom. The predicted molar refractivity (Wildman–Crippen MR) is 103 cm³/mol. The lowest BCUT2D eigenvalue weighted by molar-refractivity contribution is -0.121. The number of nitrogens with one attached hydrogen (secondary N) is 2. The number of amides is 1. The molecule has 1 atom stereocenters. The van der Waals surface area contributed by atoms with Crippen LogP contribution in [0.15, 0.2) is 41.4 Å². The van der Waals surface area contributed by atoms with Gasteiger partial charge in [-0.1, -0.05) is 24.3 Å². The molecule has 1 amide bonds. The predicted octanol–water partition coefficient (Wildman–Crippen LogP) is 2.52. The summed E-state index contributed by atoms with van der Waals surface area (Å²) in [6, 6.07) is 7.72. The highest BCUT2D eigenvalue weighted by atomic mass is 16.5. The maximum atomic E-state index is 12.0. The molecular formula is C19H30N4O2. The summed E-state index contributed by atoms with van der Waals surface area (Å²) in [4.78, 5) is 16.1. The Morgan fingerprint density at radius 3 is 2.64 bits per heavy atom. The number of hydrogen-bond acceptors (Lipinski definition) is 3. The summed E-state index contributed by atoms with van der Waals surface area (Å²) in [5.74, 6) is 1.23. The number of rotatable bonds is 10. The van der Waals surface area contributed by atoms with E-state index in [-0.39, 0.29) is 11.9 Å². The molecule has 0 aromatic heterocycles. The molecular weight excluding hydrogens is 316 g/mol. The molecule has 0 saturated heterocycles. The number of carbonyl (C=O) groups is 1. The molecule has 0 aliphatic rings. The Bertz CT molecular complexity index is 582. The quantitative estimate of drug-likeness (QED) is 0.263. The summed E-state index contributed by atoms with van der Waals surface area (Å²) in [5.41, 5.74) is 7.71. The highest BCUT2D eigenvalue weighted by molar-refractivity contribution is 5.78. The summed E-state index contributed by atoms with van der Waals surface area (Å²) < 4.78 is 5.42. The third kappa shape index (κ3) is 8.79. The van der Waals surface area contributed by atoms with Crippen molar-refractivity contribution in [2.75, 3.05) is 19.7 Å². The number of aliphatic imine (C=N–C) groups is 1. The Balaban J connectivity index is 2.29. The zero-order valence-electron chi connectivity index (χ0n) is 15.5. The molecule has 0 saturated carbocycles. The lowest BCUT2D eigenvalue weighted by atomic mass is 10.1. The van der Waals surface area contributed by atoms with Gasteiger partial charge in [0.1, 0.15) is 5.75 Å². The van der Waals surface area contributed by atoms with Crippen LogP contribution in [0.2, 0.25) is 0 Å². The van der Waals surface area contributed by atoms with Crippen molar-refractivity contribution in [1.82, 2.24) is 10.6 Å². The molecule has 4 N–H and O–H groups in total. The summed E-state index contributed by atoms with van der Waals surface area (Å²) in [5, 5.41) is 5.98. The van der Waals surface area contributed by atoms with Crippen LogP contribution in [0.5, 0.6) is 5.75 Å². The molecule has 1 aromatic rings. The second-order valence-electron chi connectivity index (χ2n) is 5.98. The summed E-state index contributed by atoms with van der Waals surface area (Å²) >= 11 is 0. The van der Waals surface area contributed by atoms with Gasteiger partial charge < -0.3 is 21.1 Å². The highest BCUT2D eigenvalue weighted by Gasteiger charge is 2.09. The molecule has 0 spiro atoms. The van der Waals surface area contributed by atoms with Crippen molar-refractivity contribution >= 4 is 11.9 Å². The lowest BCUT2D eigenvalue weighted by Gasteiger charge is -2.15. The van der Waals surface area contributed by atoms with Crippen LogP contribution in [0.1, 0.15) is 45.2 Å². The van der Waals surface area contributed by atoms with Crippen LogP contribution in [-0.4, -0.2) is 31.6 Å². The fourth-order valence-electron chi connectivity index (χ4n) is 2.16. The number of benzene rings is 1. The van der Waals surface area contributed by atoms with Crippen molar-refractivity contribution in [2.45, 2.75) is 39.7 Å². The van der Waals surface area contributed by atoms with E-state index in [0.717, 1.165) is 16.9 Å². The first-order valence-corrected chi connectivity index (χ1v) is 8.62. The third-order valence-electron chi connectivity index (χ3n) is 3.47. The van der Waals surface area contributed by atoms with Crippen LogP contribution in [0.3, 0.4) is 0 Å². The third-order valence-corrected chi connectivity index (χ3v) is 3.47. The van der Waals surface area contributed by atoms with Gasteiger partial charge in [-0.2, -0.15) is 0 Å². The minimum atomic E-state index is -0.0432. The van der Waals surface area contributed by atoms with E-state index in [0.29, 0.717) is 38.5 Å². The van der Waals surface area contributed by atoms with Crippen LogP contribution < -0.4 is 21.1 Å². The second-order valence-corrected chi connectivity index (χ2v) is 5.98. The molecule has 138 valence electrons. The number of guanidine groups is 1. The summed E-state index contributed by atoms with van der Waals surface area (Å²) in [6.45, 7) is 11.3. The van der Waals surface area contributed by atoms with Gasteiger partial charge in [-0.25, -0.2) is 4.99 Å². The van der Waals surface area contributed by atoms with Crippen molar-refractivity contribution in [2.24, 2.45) is 10.7 Å². The Labute approximate surface area is 150 Å². The molecule has 0 bridgehead atoms. The standard InChI is InChI=1S/C19H30N4O2/c1-5-25-17-10-8-16(9-11-17)15(4)23-18(24)7-6-12-21-19(20)22-13-14(2)3/h8-11,15H,2,5-7,12-13H2,1,3-4H3,(H,23,24)(H3,20,21,22). The molecule has 1 aromatic carbocycles. The molecule has 6 heteroatoms. The fraction of sp³-hybridized carbons (Fsp3) is 0.474. The van der Waals surface area contributed by atoms with Gasteiger partial charge in [0, 0.05) is 13.0 Å². The average Bonchev–Trinajstić information content (AvgIpc) is 2.57. The molecule has 25 heavy (non-hydrogen) atoms. The van der Waals surface area contributed by atoms with Crippen LogP contribution >= 0.6 is 0 Å². The first-order valence-electron chi connectivity index (χ1n) is 8.62. The first kappa shape index (κ1) is 20.5.